The third-order valence-corrected chi connectivity index (χ3v) is 3.39. The van der Waals surface area contributed by atoms with E-state index < -0.39 is 0 Å². The summed E-state index contributed by atoms with van der Waals surface area (Å²) >= 11 is 0. The van der Waals surface area contributed by atoms with E-state index in [1.807, 2.05) is 24.3 Å². The highest BCUT2D eigenvalue weighted by molar-refractivity contribution is 5.55. The molecule has 0 fully saturated rings. The number of allylic oxidation sites excluding steroid dienone is 1. The number of aryl methyl sites for hydroxylation is 1. The van der Waals surface area contributed by atoms with Crippen LogP contribution in [0.2, 0.25) is 0 Å². The summed E-state index contributed by atoms with van der Waals surface area (Å²) in [5.74, 6) is 0.956. The summed E-state index contributed by atoms with van der Waals surface area (Å²) < 4.78 is 5.86. The molecule has 1 aliphatic rings. The molecule has 95 valence electrons. The molecule has 0 unspecified atom stereocenters. The molecule has 0 N–H and O–H groups in total. The van der Waals surface area contributed by atoms with E-state index in [0.717, 1.165) is 18.6 Å². The summed E-state index contributed by atoms with van der Waals surface area (Å²) in [6, 6.07) is 16.6. The number of benzene rings is 2. The molecule has 1 nitrogen and oxygen atoms in total. The van der Waals surface area contributed by atoms with Gasteiger partial charge in [0.05, 0.1) is 0 Å². The summed E-state index contributed by atoms with van der Waals surface area (Å²) in [4.78, 5) is 0. The molecule has 1 heteroatoms. The minimum atomic E-state index is 0.627. The summed E-state index contributed by atoms with van der Waals surface area (Å²) in [5.41, 5.74) is 3.85. The molecule has 0 heterocycles. The van der Waals surface area contributed by atoms with E-state index in [-0.39, 0.29) is 0 Å². The molecule has 1 radical (unpaired) electrons. The Morgan fingerprint density at radius 1 is 1.05 bits per heavy atom. The van der Waals surface area contributed by atoms with Gasteiger partial charge in [-0.15, -0.1) is 0 Å². The molecule has 2 aromatic rings. The molecule has 3 rings (SSSR count). The Hall–Kier alpha value is -2.02. The van der Waals surface area contributed by atoms with Crippen molar-refractivity contribution in [3.8, 4) is 5.75 Å². The second kappa shape index (κ2) is 5.75. The Morgan fingerprint density at radius 3 is 2.84 bits per heavy atom. The van der Waals surface area contributed by atoms with Gasteiger partial charge in [-0.1, -0.05) is 42.5 Å². The average Bonchev–Trinajstić information content (AvgIpc) is 2.71. The lowest BCUT2D eigenvalue weighted by molar-refractivity contribution is 0.306. The van der Waals surface area contributed by atoms with Crippen LogP contribution in [0.5, 0.6) is 5.75 Å². The van der Waals surface area contributed by atoms with Crippen LogP contribution in [-0.2, 0) is 13.0 Å². The number of hydrogen-bond acceptors (Lipinski definition) is 1. The van der Waals surface area contributed by atoms with Crippen molar-refractivity contribution in [1.29, 1.82) is 0 Å². The Balaban J connectivity index is 1.72. The van der Waals surface area contributed by atoms with Crippen LogP contribution >= 0.6 is 0 Å². The maximum Gasteiger partial charge on any atom is 0.120 e. The van der Waals surface area contributed by atoms with Crippen LogP contribution < -0.4 is 4.74 Å². The van der Waals surface area contributed by atoms with Crippen LogP contribution in [0.25, 0.3) is 6.08 Å². The molecule has 0 atom stereocenters. The second-order valence-corrected chi connectivity index (χ2v) is 4.84. The van der Waals surface area contributed by atoms with Crippen LogP contribution in [-0.4, -0.2) is 0 Å². The molecule has 0 bridgehead atoms. The summed E-state index contributed by atoms with van der Waals surface area (Å²) in [6.07, 6.45) is 8.75. The van der Waals surface area contributed by atoms with Crippen molar-refractivity contribution in [3.63, 3.8) is 0 Å². The zero-order chi connectivity index (χ0) is 12.9. The van der Waals surface area contributed by atoms with Crippen molar-refractivity contribution in [3.05, 3.63) is 71.3 Å². The number of fused-ring (bicyclic) bond motifs is 1. The normalized spacial score (nSPS) is 13.7. The van der Waals surface area contributed by atoms with Gasteiger partial charge in [0.25, 0.3) is 0 Å². The maximum absolute atomic E-state index is 5.86. The fourth-order valence-corrected chi connectivity index (χ4v) is 2.33. The minimum Gasteiger partial charge on any atom is -0.489 e. The van der Waals surface area contributed by atoms with Crippen molar-refractivity contribution in [1.82, 2.24) is 0 Å². The topological polar surface area (TPSA) is 9.23 Å². The van der Waals surface area contributed by atoms with E-state index in [1.165, 1.54) is 23.1 Å². The van der Waals surface area contributed by atoms with Gasteiger partial charge < -0.3 is 4.74 Å². The summed E-state index contributed by atoms with van der Waals surface area (Å²) in [7, 11) is 0. The highest BCUT2D eigenvalue weighted by Gasteiger charge is 2.05. The summed E-state index contributed by atoms with van der Waals surface area (Å²) in [5, 5.41) is 0. The Labute approximate surface area is 114 Å². The highest BCUT2D eigenvalue weighted by atomic mass is 16.5. The summed E-state index contributed by atoms with van der Waals surface area (Å²) in [6.45, 7) is 0.627. The molecule has 0 saturated heterocycles. The van der Waals surface area contributed by atoms with E-state index in [0.29, 0.717) is 6.61 Å². The molecule has 1 aliphatic carbocycles. The predicted octanol–water partition coefficient (Wildman–Crippen LogP) is 4.42. The molecular formula is C18H17O. The lowest BCUT2D eigenvalue weighted by Crippen LogP contribution is -1.96. The van der Waals surface area contributed by atoms with Crippen molar-refractivity contribution < 1.29 is 4.74 Å². The number of hydrogen-bond donors (Lipinski definition) is 0. The van der Waals surface area contributed by atoms with Gasteiger partial charge in [-0.25, -0.2) is 0 Å². The molecule has 0 saturated carbocycles. The monoisotopic (exact) mass is 249 g/mol. The van der Waals surface area contributed by atoms with Gasteiger partial charge in [-0.2, -0.15) is 0 Å². The van der Waals surface area contributed by atoms with Gasteiger partial charge in [0.1, 0.15) is 12.4 Å². The van der Waals surface area contributed by atoms with Gasteiger partial charge in [0, 0.05) is 0 Å². The third-order valence-electron chi connectivity index (χ3n) is 3.39. The first-order valence-electron chi connectivity index (χ1n) is 6.78. The largest absolute Gasteiger partial charge is 0.489 e. The van der Waals surface area contributed by atoms with Gasteiger partial charge in [-0.3, -0.25) is 0 Å². The van der Waals surface area contributed by atoms with Gasteiger partial charge in [0.15, 0.2) is 0 Å². The van der Waals surface area contributed by atoms with Crippen LogP contribution in [0.4, 0.5) is 0 Å². The van der Waals surface area contributed by atoms with Crippen LogP contribution in [0.1, 0.15) is 29.5 Å². The molecule has 2 aromatic carbocycles. The van der Waals surface area contributed by atoms with E-state index in [4.69, 9.17) is 4.74 Å². The lowest BCUT2D eigenvalue weighted by atomic mass is 10.0. The van der Waals surface area contributed by atoms with Crippen molar-refractivity contribution in [2.45, 2.75) is 25.9 Å². The molecular weight excluding hydrogens is 232 g/mol. The van der Waals surface area contributed by atoms with Crippen molar-refractivity contribution in [2.24, 2.45) is 0 Å². The molecule has 0 aromatic heterocycles. The maximum atomic E-state index is 5.86. The van der Waals surface area contributed by atoms with Crippen molar-refractivity contribution in [2.75, 3.05) is 0 Å². The van der Waals surface area contributed by atoms with Crippen LogP contribution in [0.15, 0.2) is 48.5 Å². The standard InChI is InChI=1S/C18H17O/c1-3-7-15(8-4-1)14-19-18-12-11-16-9-5-2-6-10-17(16)13-18/h1,3-4,7-9,11-13H,2,6,10,14H2. The zero-order valence-electron chi connectivity index (χ0n) is 10.9. The first-order valence-corrected chi connectivity index (χ1v) is 6.78. The van der Waals surface area contributed by atoms with Crippen LogP contribution in [0, 0.1) is 6.08 Å². The Morgan fingerprint density at radius 2 is 1.95 bits per heavy atom. The second-order valence-electron chi connectivity index (χ2n) is 4.84. The van der Waals surface area contributed by atoms with Gasteiger partial charge in [-0.05, 0) is 54.2 Å². The third kappa shape index (κ3) is 3.05. The van der Waals surface area contributed by atoms with E-state index in [1.54, 1.807) is 0 Å². The fourth-order valence-electron chi connectivity index (χ4n) is 2.33. The first-order chi connectivity index (χ1) is 9.42. The predicted molar refractivity (Wildman–Crippen MR) is 77.9 cm³/mol. The van der Waals surface area contributed by atoms with E-state index in [9.17, 15) is 0 Å². The average molecular weight is 249 g/mol. The van der Waals surface area contributed by atoms with Gasteiger partial charge >= 0.3 is 0 Å². The Bertz CT molecular complexity index is 569. The lowest BCUT2D eigenvalue weighted by Gasteiger charge is -2.10. The smallest absolute Gasteiger partial charge is 0.120 e. The number of ether oxygens (including phenoxy) is 1. The Kier molecular flexibility index (Phi) is 3.64. The van der Waals surface area contributed by atoms with E-state index in [2.05, 4.69) is 36.4 Å². The SMILES string of the molecule is [C]1=Cc2ccc(OCc3ccccc3)cc2CCC1. The first kappa shape index (κ1) is 12.0. The van der Waals surface area contributed by atoms with Crippen molar-refractivity contribution >= 4 is 6.08 Å². The van der Waals surface area contributed by atoms with E-state index >= 15 is 0 Å². The fraction of sp³-hybridized carbons (Fsp3) is 0.222. The van der Waals surface area contributed by atoms with Gasteiger partial charge in [0.2, 0.25) is 0 Å². The molecule has 0 amide bonds. The molecule has 19 heavy (non-hydrogen) atoms. The molecule has 0 spiro atoms. The zero-order valence-corrected chi connectivity index (χ0v) is 10.9. The highest BCUT2D eigenvalue weighted by Crippen LogP contribution is 2.24. The van der Waals surface area contributed by atoms with Crippen LogP contribution in [0.3, 0.4) is 0 Å². The molecule has 0 aliphatic heterocycles. The minimum absolute atomic E-state index is 0.627. The number of rotatable bonds is 3. The quantitative estimate of drug-likeness (QED) is 0.782.